The van der Waals surface area contributed by atoms with E-state index < -0.39 is 10.0 Å². The third kappa shape index (κ3) is 3.74. The summed E-state index contributed by atoms with van der Waals surface area (Å²) in [5.41, 5.74) is 0.131. The lowest BCUT2D eigenvalue weighted by Gasteiger charge is -2.31. The van der Waals surface area contributed by atoms with E-state index in [4.69, 9.17) is 0 Å². The number of sulfonamides is 1. The normalized spacial score (nSPS) is 24.7. The second-order valence-electron chi connectivity index (χ2n) is 5.12. The Labute approximate surface area is 93.1 Å². The Hall–Kier alpha value is -0.130. The van der Waals surface area contributed by atoms with Gasteiger partial charge in [-0.3, -0.25) is 4.90 Å². The molecule has 5 heteroatoms. The van der Waals surface area contributed by atoms with Crippen LogP contribution in [0.3, 0.4) is 0 Å². The SMILES string of the molecule is CCS(=O)(=O)NC1CCN(C(C)(C)C)C1. The average molecular weight is 234 g/mol. The van der Waals surface area contributed by atoms with Crippen LogP contribution in [-0.2, 0) is 10.0 Å². The summed E-state index contributed by atoms with van der Waals surface area (Å²) in [6, 6.07) is 0.0918. The van der Waals surface area contributed by atoms with Crippen molar-refractivity contribution in [3.63, 3.8) is 0 Å². The fourth-order valence-corrected chi connectivity index (χ4v) is 2.67. The summed E-state index contributed by atoms with van der Waals surface area (Å²) in [6.07, 6.45) is 0.913. The Morgan fingerprint density at radius 1 is 1.40 bits per heavy atom. The Morgan fingerprint density at radius 3 is 2.40 bits per heavy atom. The zero-order valence-corrected chi connectivity index (χ0v) is 10.9. The van der Waals surface area contributed by atoms with E-state index >= 15 is 0 Å². The molecule has 1 fully saturated rings. The molecule has 1 unspecified atom stereocenters. The van der Waals surface area contributed by atoms with Gasteiger partial charge in [-0.1, -0.05) is 0 Å². The molecule has 90 valence electrons. The first-order valence-corrected chi connectivity index (χ1v) is 7.15. The highest BCUT2D eigenvalue weighted by Crippen LogP contribution is 2.20. The van der Waals surface area contributed by atoms with Gasteiger partial charge in [0.25, 0.3) is 0 Å². The van der Waals surface area contributed by atoms with E-state index in [0.29, 0.717) is 0 Å². The van der Waals surface area contributed by atoms with Crippen molar-refractivity contribution in [1.82, 2.24) is 9.62 Å². The van der Waals surface area contributed by atoms with E-state index in [1.165, 1.54) is 0 Å². The van der Waals surface area contributed by atoms with Crippen LogP contribution in [-0.4, -0.2) is 43.7 Å². The molecule has 0 bridgehead atoms. The van der Waals surface area contributed by atoms with Crippen molar-refractivity contribution in [2.75, 3.05) is 18.8 Å². The molecule has 4 nitrogen and oxygen atoms in total. The maximum atomic E-state index is 11.4. The lowest BCUT2D eigenvalue weighted by atomic mass is 10.1. The van der Waals surface area contributed by atoms with Crippen LogP contribution in [0.2, 0.25) is 0 Å². The largest absolute Gasteiger partial charge is 0.297 e. The van der Waals surface area contributed by atoms with Gasteiger partial charge in [0.2, 0.25) is 10.0 Å². The monoisotopic (exact) mass is 234 g/mol. The van der Waals surface area contributed by atoms with Gasteiger partial charge in [0.1, 0.15) is 0 Å². The van der Waals surface area contributed by atoms with Gasteiger partial charge in [0, 0.05) is 24.7 Å². The average Bonchev–Trinajstić information content (AvgIpc) is 2.51. The van der Waals surface area contributed by atoms with Crippen molar-refractivity contribution in [1.29, 1.82) is 0 Å². The summed E-state index contributed by atoms with van der Waals surface area (Å²) in [4.78, 5) is 2.32. The lowest BCUT2D eigenvalue weighted by Crippen LogP contribution is -2.43. The summed E-state index contributed by atoms with van der Waals surface area (Å²) in [5, 5.41) is 0. The molecule has 1 N–H and O–H groups in total. The van der Waals surface area contributed by atoms with Crippen LogP contribution in [0, 0.1) is 0 Å². The quantitative estimate of drug-likeness (QED) is 0.786. The van der Waals surface area contributed by atoms with Crippen LogP contribution in [0.5, 0.6) is 0 Å². The van der Waals surface area contributed by atoms with Crippen LogP contribution in [0.25, 0.3) is 0 Å². The van der Waals surface area contributed by atoms with E-state index in [0.717, 1.165) is 19.5 Å². The second-order valence-corrected chi connectivity index (χ2v) is 7.17. The van der Waals surface area contributed by atoms with E-state index in [1.54, 1.807) is 6.92 Å². The van der Waals surface area contributed by atoms with E-state index in [-0.39, 0.29) is 17.3 Å². The van der Waals surface area contributed by atoms with Gasteiger partial charge in [-0.05, 0) is 34.1 Å². The third-order valence-corrected chi connectivity index (χ3v) is 4.32. The molecule has 1 heterocycles. The molecule has 0 aromatic carbocycles. The van der Waals surface area contributed by atoms with Crippen molar-refractivity contribution in [3.8, 4) is 0 Å². The smallest absolute Gasteiger partial charge is 0.211 e. The molecule has 0 aromatic rings. The summed E-state index contributed by atoms with van der Waals surface area (Å²) >= 11 is 0. The molecule has 1 atom stereocenters. The molecular formula is C10H22N2O2S. The Balaban J connectivity index is 2.51. The number of likely N-dealkylation sites (tertiary alicyclic amines) is 1. The first-order valence-electron chi connectivity index (χ1n) is 5.49. The highest BCUT2D eigenvalue weighted by molar-refractivity contribution is 7.89. The molecule has 0 radical (unpaired) electrons. The zero-order valence-electron chi connectivity index (χ0n) is 10.1. The maximum absolute atomic E-state index is 11.4. The summed E-state index contributed by atoms with van der Waals surface area (Å²) < 4.78 is 25.5. The van der Waals surface area contributed by atoms with Crippen LogP contribution in [0.1, 0.15) is 34.1 Å². The molecule has 1 rings (SSSR count). The number of hydrogen-bond acceptors (Lipinski definition) is 3. The molecule has 1 aliphatic rings. The predicted molar refractivity (Wildman–Crippen MR) is 62.3 cm³/mol. The molecule has 1 aliphatic heterocycles. The Kier molecular flexibility index (Phi) is 3.79. The zero-order chi connectivity index (χ0) is 11.7. The van der Waals surface area contributed by atoms with E-state index in [1.807, 2.05) is 0 Å². The van der Waals surface area contributed by atoms with Gasteiger partial charge in [-0.15, -0.1) is 0 Å². The van der Waals surface area contributed by atoms with Crippen molar-refractivity contribution in [2.45, 2.75) is 45.7 Å². The van der Waals surface area contributed by atoms with Crippen molar-refractivity contribution in [2.24, 2.45) is 0 Å². The molecule has 0 amide bonds. The Bertz CT molecular complexity index is 306. The topological polar surface area (TPSA) is 49.4 Å². The number of rotatable bonds is 3. The minimum atomic E-state index is -3.05. The van der Waals surface area contributed by atoms with Gasteiger partial charge >= 0.3 is 0 Å². The van der Waals surface area contributed by atoms with Gasteiger partial charge in [-0.25, -0.2) is 13.1 Å². The number of hydrogen-bond donors (Lipinski definition) is 1. The first kappa shape index (κ1) is 12.9. The highest BCUT2D eigenvalue weighted by atomic mass is 32.2. The standard InChI is InChI=1S/C10H22N2O2S/c1-5-15(13,14)11-9-6-7-12(8-9)10(2,3)4/h9,11H,5-8H2,1-4H3. The summed E-state index contributed by atoms with van der Waals surface area (Å²) in [7, 11) is -3.05. The predicted octanol–water partition coefficient (Wildman–Crippen LogP) is 0.798. The minimum Gasteiger partial charge on any atom is -0.297 e. The fourth-order valence-electron chi connectivity index (χ4n) is 1.80. The fraction of sp³-hybridized carbons (Fsp3) is 1.00. The Morgan fingerprint density at radius 2 is 2.00 bits per heavy atom. The number of nitrogens with one attached hydrogen (secondary N) is 1. The summed E-state index contributed by atoms with van der Waals surface area (Å²) in [5.74, 6) is 0.166. The van der Waals surface area contributed by atoms with E-state index in [9.17, 15) is 8.42 Å². The second kappa shape index (κ2) is 4.39. The third-order valence-electron chi connectivity index (χ3n) is 2.86. The molecular weight excluding hydrogens is 212 g/mol. The van der Waals surface area contributed by atoms with Gasteiger partial charge in [-0.2, -0.15) is 0 Å². The van der Waals surface area contributed by atoms with Crippen LogP contribution < -0.4 is 4.72 Å². The van der Waals surface area contributed by atoms with Gasteiger partial charge < -0.3 is 0 Å². The lowest BCUT2D eigenvalue weighted by molar-refractivity contribution is 0.172. The highest BCUT2D eigenvalue weighted by Gasteiger charge is 2.31. The first-order chi connectivity index (χ1) is 6.74. The maximum Gasteiger partial charge on any atom is 0.211 e. The summed E-state index contributed by atoms with van der Waals surface area (Å²) in [6.45, 7) is 9.93. The molecule has 0 aliphatic carbocycles. The molecule has 1 saturated heterocycles. The van der Waals surface area contributed by atoms with Crippen LogP contribution >= 0.6 is 0 Å². The molecule has 0 saturated carbocycles. The number of nitrogens with zero attached hydrogens (tertiary/aromatic N) is 1. The van der Waals surface area contributed by atoms with Crippen LogP contribution in [0.15, 0.2) is 0 Å². The molecule has 0 aromatic heterocycles. The van der Waals surface area contributed by atoms with Crippen molar-refractivity contribution >= 4 is 10.0 Å². The van der Waals surface area contributed by atoms with Gasteiger partial charge in [0.05, 0.1) is 5.75 Å². The minimum absolute atomic E-state index is 0.0918. The van der Waals surface area contributed by atoms with E-state index in [2.05, 4.69) is 30.4 Å². The van der Waals surface area contributed by atoms with Gasteiger partial charge in [0.15, 0.2) is 0 Å². The molecule has 15 heavy (non-hydrogen) atoms. The molecule has 0 spiro atoms. The van der Waals surface area contributed by atoms with Crippen molar-refractivity contribution < 1.29 is 8.42 Å². The van der Waals surface area contributed by atoms with Crippen molar-refractivity contribution in [3.05, 3.63) is 0 Å². The van der Waals surface area contributed by atoms with Crippen LogP contribution in [0.4, 0.5) is 0 Å².